The molecule has 94 valence electrons. The zero-order chi connectivity index (χ0) is 12.3. The Morgan fingerprint density at radius 3 is 2.59 bits per heavy atom. The largest absolute Gasteiger partial charge is 0.337 e. The Kier molecular flexibility index (Phi) is 3.82. The van der Waals surface area contributed by atoms with Crippen LogP contribution in [0, 0.1) is 0 Å². The van der Waals surface area contributed by atoms with E-state index in [1.165, 1.54) is 6.42 Å². The number of carbonyl (C=O) groups excluding carboxylic acids is 1. The summed E-state index contributed by atoms with van der Waals surface area (Å²) < 4.78 is 1.83. The third kappa shape index (κ3) is 2.51. The zero-order valence-corrected chi connectivity index (χ0v) is 10.8. The van der Waals surface area contributed by atoms with E-state index in [1.807, 2.05) is 22.6 Å². The van der Waals surface area contributed by atoms with Gasteiger partial charge in [0.1, 0.15) is 5.69 Å². The Bertz CT molecular complexity index is 391. The van der Waals surface area contributed by atoms with Gasteiger partial charge in [-0.15, -0.1) is 0 Å². The maximum Gasteiger partial charge on any atom is 0.272 e. The summed E-state index contributed by atoms with van der Waals surface area (Å²) in [5.41, 5.74) is 1.76. The molecule has 0 spiro atoms. The summed E-state index contributed by atoms with van der Waals surface area (Å²) in [5, 5.41) is 4.43. The van der Waals surface area contributed by atoms with Gasteiger partial charge >= 0.3 is 0 Å². The van der Waals surface area contributed by atoms with Crippen LogP contribution >= 0.6 is 0 Å². The van der Waals surface area contributed by atoms with E-state index in [1.54, 1.807) is 0 Å². The van der Waals surface area contributed by atoms with Gasteiger partial charge in [-0.25, -0.2) is 0 Å². The summed E-state index contributed by atoms with van der Waals surface area (Å²) >= 11 is 0. The summed E-state index contributed by atoms with van der Waals surface area (Å²) in [6, 6.07) is 1.94. The van der Waals surface area contributed by atoms with Crippen LogP contribution in [-0.2, 0) is 13.0 Å². The monoisotopic (exact) mass is 235 g/mol. The van der Waals surface area contributed by atoms with Crippen molar-refractivity contribution >= 4 is 5.91 Å². The first-order valence-electron chi connectivity index (χ1n) is 6.62. The van der Waals surface area contributed by atoms with Gasteiger partial charge in [-0.05, 0) is 38.7 Å². The van der Waals surface area contributed by atoms with E-state index in [9.17, 15) is 4.79 Å². The highest BCUT2D eigenvalue weighted by molar-refractivity contribution is 5.92. The van der Waals surface area contributed by atoms with Gasteiger partial charge in [0.25, 0.3) is 5.91 Å². The highest BCUT2D eigenvalue weighted by Gasteiger charge is 2.21. The number of aromatic nitrogens is 2. The smallest absolute Gasteiger partial charge is 0.272 e. The lowest BCUT2D eigenvalue weighted by Gasteiger charge is -2.26. The first-order chi connectivity index (χ1) is 8.26. The molecule has 2 rings (SSSR count). The van der Waals surface area contributed by atoms with Crippen LogP contribution in [-0.4, -0.2) is 33.7 Å². The fourth-order valence-electron chi connectivity index (χ4n) is 2.32. The normalized spacial score (nSPS) is 16.2. The fourth-order valence-corrected chi connectivity index (χ4v) is 2.32. The van der Waals surface area contributed by atoms with Gasteiger partial charge in [-0.1, -0.05) is 6.92 Å². The first kappa shape index (κ1) is 12.1. The Labute approximate surface area is 103 Å². The van der Waals surface area contributed by atoms with E-state index in [0.717, 1.165) is 50.3 Å². The topological polar surface area (TPSA) is 38.1 Å². The Morgan fingerprint density at radius 1 is 1.29 bits per heavy atom. The van der Waals surface area contributed by atoms with E-state index >= 15 is 0 Å². The van der Waals surface area contributed by atoms with Gasteiger partial charge in [-0.2, -0.15) is 5.10 Å². The molecule has 1 fully saturated rings. The molecule has 17 heavy (non-hydrogen) atoms. The molecule has 1 amide bonds. The average Bonchev–Trinajstić information content (AvgIpc) is 2.82. The molecule has 1 aliphatic heterocycles. The van der Waals surface area contributed by atoms with Crippen molar-refractivity contribution in [1.29, 1.82) is 0 Å². The third-order valence-corrected chi connectivity index (χ3v) is 3.35. The molecule has 1 aromatic rings. The van der Waals surface area contributed by atoms with Gasteiger partial charge in [-0.3, -0.25) is 9.48 Å². The van der Waals surface area contributed by atoms with E-state index in [2.05, 4.69) is 12.0 Å². The van der Waals surface area contributed by atoms with Crippen LogP contribution in [0.15, 0.2) is 6.07 Å². The number of amides is 1. The Hall–Kier alpha value is -1.32. The van der Waals surface area contributed by atoms with Crippen molar-refractivity contribution in [3.05, 3.63) is 17.5 Å². The van der Waals surface area contributed by atoms with Crippen LogP contribution in [0.2, 0.25) is 0 Å². The second kappa shape index (κ2) is 5.34. The molecule has 0 aromatic carbocycles. The van der Waals surface area contributed by atoms with Crippen molar-refractivity contribution in [3.63, 3.8) is 0 Å². The Balaban J connectivity index is 2.19. The van der Waals surface area contributed by atoms with E-state index in [-0.39, 0.29) is 5.91 Å². The number of aryl methyl sites for hydroxylation is 2. The van der Waals surface area contributed by atoms with Crippen molar-refractivity contribution in [2.24, 2.45) is 0 Å². The molecule has 0 bridgehead atoms. The second-order valence-corrected chi connectivity index (χ2v) is 4.54. The van der Waals surface area contributed by atoms with E-state index in [0.29, 0.717) is 0 Å². The van der Waals surface area contributed by atoms with Crippen LogP contribution in [0.3, 0.4) is 0 Å². The molecular formula is C13H21N3O. The van der Waals surface area contributed by atoms with Crippen molar-refractivity contribution in [2.45, 2.75) is 46.1 Å². The molecule has 0 saturated carbocycles. The summed E-state index contributed by atoms with van der Waals surface area (Å²) in [6.07, 6.45) is 4.39. The lowest BCUT2D eigenvalue weighted by atomic mass is 10.1. The Morgan fingerprint density at radius 2 is 2.00 bits per heavy atom. The van der Waals surface area contributed by atoms with Crippen molar-refractivity contribution in [3.8, 4) is 0 Å². The molecule has 1 aromatic heterocycles. The minimum Gasteiger partial charge on any atom is -0.337 e. The average molecular weight is 235 g/mol. The number of hydrogen-bond donors (Lipinski definition) is 0. The number of nitrogens with zero attached hydrogens (tertiary/aromatic N) is 3. The summed E-state index contributed by atoms with van der Waals surface area (Å²) in [6.45, 7) is 6.65. The molecule has 4 nitrogen and oxygen atoms in total. The zero-order valence-electron chi connectivity index (χ0n) is 10.8. The van der Waals surface area contributed by atoms with Crippen LogP contribution < -0.4 is 0 Å². The van der Waals surface area contributed by atoms with Gasteiger partial charge < -0.3 is 4.90 Å². The standard InChI is InChI=1S/C13H21N3O/c1-3-11-10-12(16(4-2)14-11)13(17)15-8-6-5-7-9-15/h10H,3-9H2,1-2H3. The summed E-state index contributed by atoms with van der Waals surface area (Å²) in [4.78, 5) is 14.3. The molecule has 1 saturated heterocycles. The van der Waals surface area contributed by atoms with Crippen LogP contribution in [0.1, 0.15) is 49.3 Å². The SMILES string of the molecule is CCc1cc(C(=O)N2CCCCC2)n(CC)n1. The minimum absolute atomic E-state index is 0.152. The van der Waals surface area contributed by atoms with Gasteiger partial charge in [0.05, 0.1) is 5.69 Å². The highest BCUT2D eigenvalue weighted by Crippen LogP contribution is 2.14. The molecule has 0 aliphatic carbocycles. The molecule has 0 unspecified atom stereocenters. The molecule has 4 heteroatoms. The summed E-state index contributed by atoms with van der Waals surface area (Å²) in [5.74, 6) is 0.152. The number of likely N-dealkylation sites (tertiary alicyclic amines) is 1. The van der Waals surface area contributed by atoms with Gasteiger partial charge in [0.2, 0.25) is 0 Å². The number of rotatable bonds is 3. The van der Waals surface area contributed by atoms with Crippen LogP contribution in [0.25, 0.3) is 0 Å². The van der Waals surface area contributed by atoms with E-state index < -0.39 is 0 Å². The second-order valence-electron chi connectivity index (χ2n) is 4.54. The molecule has 2 heterocycles. The van der Waals surface area contributed by atoms with Crippen LogP contribution in [0.5, 0.6) is 0 Å². The summed E-state index contributed by atoms with van der Waals surface area (Å²) in [7, 11) is 0. The number of hydrogen-bond acceptors (Lipinski definition) is 2. The van der Waals surface area contributed by atoms with Gasteiger partial charge in [0, 0.05) is 19.6 Å². The highest BCUT2D eigenvalue weighted by atomic mass is 16.2. The molecule has 1 aliphatic rings. The fraction of sp³-hybridized carbons (Fsp3) is 0.692. The molecule has 0 radical (unpaired) electrons. The lowest BCUT2D eigenvalue weighted by Crippen LogP contribution is -2.36. The quantitative estimate of drug-likeness (QED) is 0.804. The van der Waals surface area contributed by atoms with Gasteiger partial charge in [0.15, 0.2) is 0 Å². The maximum absolute atomic E-state index is 12.4. The van der Waals surface area contributed by atoms with Crippen molar-refractivity contribution in [2.75, 3.05) is 13.1 Å². The first-order valence-corrected chi connectivity index (χ1v) is 6.62. The molecule has 0 atom stereocenters. The third-order valence-electron chi connectivity index (χ3n) is 3.35. The maximum atomic E-state index is 12.4. The molecular weight excluding hydrogens is 214 g/mol. The number of piperidine rings is 1. The number of carbonyl (C=O) groups is 1. The predicted molar refractivity (Wildman–Crippen MR) is 67.0 cm³/mol. The minimum atomic E-state index is 0.152. The van der Waals surface area contributed by atoms with Crippen molar-refractivity contribution < 1.29 is 4.79 Å². The van der Waals surface area contributed by atoms with Crippen LogP contribution in [0.4, 0.5) is 0 Å². The lowest BCUT2D eigenvalue weighted by molar-refractivity contribution is 0.0712. The van der Waals surface area contributed by atoms with Crippen molar-refractivity contribution in [1.82, 2.24) is 14.7 Å². The van der Waals surface area contributed by atoms with E-state index in [4.69, 9.17) is 0 Å². The molecule has 0 N–H and O–H groups in total. The predicted octanol–water partition coefficient (Wildman–Crippen LogP) is 2.09.